The van der Waals surface area contributed by atoms with Crippen LogP contribution in [0, 0.1) is 11.3 Å². The molecule has 0 saturated carbocycles. The summed E-state index contributed by atoms with van der Waals surface area (Å²) in [6, 6.07) is 16.1. The van der Waals surface area contributed by atoms with Crippen LogP contribution in [0.4, 0.5) is 0 Å². The van der Waals surface area contributed by atoms with Crippen molar-refractivity contribution < 1.29 is 9.26 Å². The van der Waals surface area contributed by atoms with Gasteiger partial charge in [0.05, 0.1) is 5.56 Å². The van der Waals surface area contributed by atoms with Crippen molar-refractivity contribution >= 4 is 11.6 Å². The largest absolute Gasteiger partial charge is 0.484 e. The van der Waals surface area contributed by atoms with E-state index in [4.69, 9.17) is 26.1 Å². The van der Waals surface area contributed by atoms with E-state index < -0.39 is 0 Å². The quantitative estimate of drug-likeness (QED) is 0.732. The average molecular weight is 312 g/mol. The van der Waals surface area contributed by atoms with Crippen LogP contribution in [0.2, 0.25) is 5.02 Å². The smallest absolute Gasteiger partial charge is 0.258 e. The van der Waals surface area contributed by atoms with Gasteiger partial charge in [-0.1, -0.05) is 28.9 Å². The number of hydrogen-bond acceptors (Lipinski definition) is 5. The van der Waals surface area contributed by atoms with Crippen LogP contribution in [0.5, 0.6) is 5.75 Å². The third-order valence-electron chi connectivity index (χ3n) is 2.92. The van der Waals surface area contributed by atoms with Crippen molar-refractivity contribution in [1.82, 2.24) is 10.1 Å². The van der Waals surface area contributed by atoms with Gasteiger partial charge in [0.1, 0.15) is 11.8 Å². The van der Waals surface area contributed by atoms with Gasteiger partial charge in [0, 0.05) is 10.6 Å². The minimum Gasteiger partial charge on any atom is -0.484 e. The molecule has 22 heavy (non-hydrogen) atoms. The second-order valence-electron chi connectivity index (χ2n) is 4.42. The van der Waals surface area contributed by atoms with E-state index in [0.29, 0.717) is 28.1 Å². The Morgan fingerprint density at radius 1 is 1.14 bits per heavy atom. The number of para-hydroxylation sites is 1. The van der Waals surface area contributed by atoms with Crippen LogP contribution in [-0.2, 0) is 6.61 Å². The molecule has 0 aliphatic carbocycles. The van der Waals surface area contributed by atoms with Crippen LogP contribution in [0.1, 0.15) is 11.4 Å². The molecule has 108 valence electrons. The van der Waals surface area contributed by atoms with E-state index in [9.17, 15) is 0 Å². The number of benzene rings is 2. The van der Waals surface area contributed by atoms with E-state index in [1.807, 2.05) is 0 Å². The highest BCUT2D eigenvalue weighted by atomic mass is 35.5. The Labute approximate surface area is 131 Å². The Bertz CT molecular complexity index is 822. The van der Waals surface area contributed by atoms with Crippen molar-refractivity contribution in [2.24, 2.45) is 0 Å². The summed E-state index contributed by atoms with van der Waals surface area (Å²) in [5, 5.41) is 13.5. The summed E-state index contributed by atoms with van der Waals surface area (Å²) < 4.78 is 10.7. The molecule has 0 aliphatic heterocycles. The van der Waals surface area contributed by atoms with Crippen molar-refractivity contribution in [2.75, 3.05) is 0 Å². The number of hydrogen-bond donors (Lipinski definition) is 0. The fraction of sp³-hybridized carbons (Fsp3) is 0.0625. The maximum atomic E-state index is 9.00. The third-order valence-corrected chi connectivity index (χ3v) is 3.18. The van der Waals surface area contributed by atoms with Crippen LogP contribution in [0.25, 0.3) is 11.5 Å². The topological polar surface area (TPSA) is 71.9 Å². The molecule has 0 saturated heterocycles. The molecule has 0 aliphatic rings. The Balaban J connectivity index is 1.72. The highest BCUT2D eigenvalue weighted by molar-refractivity contribution is 6.30. The monoisotopic (exact) mass is 311 g/mol. The van der Waals surface area contributed by atoms with Crippen molar-refractivity contribution in [3.05, 3.63) is 64.9 Å². The molecular weight excluding hydrogens is 302 g/mol. The summed E-state index contributed by atoms with van der Waals surface area (Å²) >= 11 is 5.84. The summed E-state index contributed by atoms with van der Waals surface area (Å²) in [5.74, 6) is 1.28. The molecule has 0 bridgehead atoms. The van der Waals surface area contributed by atoms with Crippen LogP contribution >= 0.6 is 11.6 Å². The number of rotatable bonds is 4. The molecule has 3 rings (SSSR count). The number of halogens is 1. The lowest BCUT2D eigenvalue weighted by Crippen LogP contribution is -1.99. The van der Waals surface area contributed by atoms with E-state index in [0.717, 1.165) is 5.56 Å². The van der Waals surface area contributed by atoms with Crippen molar-refractivity contribution in [3.63, 3.8) is 0 Å². The van der Waals surface area contributed by atoms with Crippen molar-refractivity contribution in [3.8, 4) is 23.3 Å². The Morgan fingerprint density at radius 2 is 1.91 bits per heavy atom. The summed E-state index contributed by atoms with van der Waals surface area (Å²) in [6.07, 6.45) is 0. The van der Waals surface area contributed by atoms with Gasteiger partial charge in [0.25, 0.3) is 5.89 Å². The first-order chi connectivity index (χ1) is 10.8. The number of nitriles is 1. The number of nitrogens with zero attached hydrogens (tertiary/aromatic N) is 3. The maximum Gasteiger partial charge on any atom is 0.258 e. The van der Waals surface area contributed by atoms with Gasteiger partial charge >= 0.3 is 0 Å². The van der Waals surface area contributed by atoms with E-state index in [1.165, 1.54) is 0 Å². The predicted octanol–water partition coefficient (Wildman–Crippen LogP) is 3.84. The normalized spacial score (nSPS) is 10.2. The van der Waals surface area contributed by atoms with Crippen molar-refractivity contribution in [2.45, 2.75) is 6.61 Å². The summed E-state index contributed by atoms with van der Waals surface area (Å²) in [6.45, 7) is 0.121. The molecule has 2 aromatic carbocycles. The Morgan fingerprint density at radius 3 is 2.68 bits per heavy atom. The number of aromatic nitrogens is 2. The highest BCUT2D eigenvalue weighted by Gasteiger charge is 2.10. The second-order valence-corrected chi connectivity index (χ2v) is 4.86. The zero-order chi connectivity index (χ0) is 15.4. The zero-order valence-electron chi connectivity index (χ0n) is 11.4. The van der Waals surface area contributed by atoms with Crippen molar-refractivity contribution in [1.29, 1.82) is 5.26 Å². The molecule has 0 radical (unpaired) electrons. The summed E-state index contributed by atoms with van der Waals surface area (Å²) in [5.41, 5.74) is 1.24. The maximum absolute atomic E-state index is 9.00. The molecule has 6 heteroatoms. The van der Waals surface area contributed by atoms with Crippen LogP contribution in [0.15, 0.2) is 53.1 Å². The lowest BCUT2D eigenvalue weighted by Gasteiger charge is -2.04. The molecular formula is C16H10ClN3O2. The second kappa shape index (κ2) is 6.29. The molecule has 1 heterocycles. The molecule has 0 amide bonds. The fourth-order valence-corrected chi connectivity index (χ4v) is 1.98. The van der Waals surface area contributed by atoms with Crippen LogP contribution in [0.3, 0.4) is 0 Å². The Hall–Kier alpha value is -2.84. The molecule has 1 aromatic heterocycles. The van der Waals surface area contributed by atoms with Crippen LogP contribution in [-0.4, -0.2) is 10.1 Å². The lowest BCUT2D eigenvalue weighted by molar-refractivity contribution is 0.286. The minimum atomic E-state index is 0.121. The highest BCUT2D eigenvalue weighted by Crippen LogP contribution is 2.21. The molecule has 0 unspecified atom stereocenters. The minimum absolute atomic E-state index is 0.121. The Kier molecular flexibility index (Phi) is 4.03. The first-order valence-electron chi connectivity index (χ1n) is 6.47. The first kappa shape index (κ1) is 14.1. The zero-order valence-corrected chi connectivity index (χ0v) is 12.1. The van der Waals surface area contributed by atoms with Gasteiger partial charge in [-0.05, 0) is 36.4 Å². The third kappa shape index (κ3) is 3.08. The predicted molar refractivity (Wildman–Crippen MR) is 80.2 cm³/mol. The summed E-state index contributed by atoms with van der Waals surface area (Å²) in [4.78, 5) is 4.25. The van der Waals surface area contributed by atoms with Crippen LogP contribution < -0.4 is 4.74 Å². The van der Waals surface area contributed by atoms with Gasteiger partial charge in [-0.25, -0.2) is 0 Å². The average Bonchev–Trinajstić information content (AvgIpc) is 3.03. The first-order valence-corrected chi connectivity index (χ1v) is 6.84. The van der Waals surface area contributed by atoms with E-state index >= 15 is 0 Å². The summed E-state index contributed by atoms with van der Waals surface area (Å²) in [7, 11) is 0. The molecule has 0 fully saturated rings. The number of ether oxygens (including phenoxy) is 1. The molecule has 0 atom stereocenters. The van der Waals surface area contributed by atoms with E-state index in [1.54, 1.807) is 48.5 Å². The fourth-order valence-electron chi connectivity index (χ4n) is 1.85. The molecule has 0 spiro atoms. The standard InChI is InChI=1S/C16H10ClN3O2/c17-13-7-5-11(6-8-13)16-19-15(20-22-16)10-21-14-4-2-1-3-12(14)9-18/h1-8H,10H2. The van der Waals surface area contributed by atoms with Gasteiger partial charge < -0.3 is 9.26 Å². The van der Waals surface area contributed by atoms with Gasteiger partial charge in [-0.3, -0.25) is 0 Å². The van der Waals surface area contributed by atoms with E-state index in [-0.39, 0.29) is 6.61 Å². The SMILES string of the molecule is N#Cc1ccccc1OCc1noc(-c2ccc(Cl)cc2)n1. The molecule has 5 nitrogen and oxygen atoms in total. The van der Waals surface area contributed by atoms with E-state index in [2.05, 4.69) is 16.2 Å². The van der Waals surface area contributed by atoms with Gasteiger partial charge in [-0.15, -0.1) is 0 Å². The lowest BCUT2D eigenvalue weighted by atomic mass is 10.2. The van der Waals surface area contributed by atoms with Gasteiger partial charge in [0.15, 0.2) is 6.61 Å². The molecule has 0 N–H and O–H groups in total. The van der Waals surface area contributed by atoms with Gasteiger partial charge in [0.2, 0.25) is 5.82 Å². The van der Waals surface area contributed by atoms with Gasteiger partial charge in [-0.2, -0.15) is 10.2 Å². The molecule has 3 aromatic rings.